The van der Waals surface area contributed by atoms with Crippen LogP contribution in [-0.4, -0.2) is 96.7 Å². The lowest BCUT2D eigenvalue weighted by molar-refractivity contribution is -0.161. The van der Waals surface area contributed by atoms with Crippen molar-refractivity contribution >= 4 is 39.5 Å². The lowest BCUT2D eigenvalue weighted by Gasteiger charge is -2.21. The topological polar surface area (TPSA) is 237 Å². The fourth-order valence-electron chi connectivity index (χ4n) is 11.4. The van der Waals surface area contributed by atoms with E-state index in [2.05, 4.69) is 48.5 Å². The number of esters is 4. The number of hydrogen-bond donors (Lipinski definition) is 3. The molecule has 94 heavy (non-hydrogen) atoms. The first-order valence-corrected chi connectivity index (χ1v) is 41.9. The first kappa shape index (κ1) is 92.1. The zero-order valence-electron chi connectivity index (χ0n) is 61.4. The van der Waals surface area contributed by atoms with Crippen LogP contribution in [0.2, 0.25) is 0 Å². The molecular weight excluding hydrogens is 1230 g/mol. The van der Waals surface area contributed by atoms with E-state index in [9.17, 15) is 43.2 Å². The van der Waals surface area contributed by atoms with Gasteiger partial charge in [-0.3, -0.25) is 37.3 Å². The Kier molecular flexibility index (Phi) is 64.3. The summed E-state index contributed by atoms with van der Waals surface area (Å²) in [4.78, 5) is 72.8. The Labute approximate surface area is 575 Å². The molecule has 0 bridgehead atoms. The highest BCUT2D eigenvalue weighted by molar-refractivity contribution is 7.47. The van der Waals surface area contributed by atoms with Gasteiger partial charge in [0.15, 0.2) is 12.2 Å². The zero-order valence-corrected chi connectivity index (χ0v) is 63.2. The third-order valence-corrected chi connectivity index (χ3v) is 19.6. The molecule has 0 fully saturated rings. The number of carbonyl (C=O) groups is 4. The number of hydrogen-bond acceptors (Lipinski definition) is 15. The summed E-state index contributed by atoms with van der Waals surface area (Å²) in [6, 6.07) is 0. The predicted molar refractivity (Wildman–Crippen MR) is 381 cm³/mol. The van der Waals surface area contributed by atoms with Gasteiger partial charge in [0.25, 0.3) is 0 Å². The van der Waals surface area contributed by atoms with Crippen molar-refractivity contribution in [3.05, 3.63) is 0 Å². The van der Waals surface area contributed by atoms with E-state index in [4.69, 9.17) is 37.0 Å². The van der Waals surface area contributed by atoms with E-state index in [1.54, 1.807) is 0 Å². The van der Waals surface area contributed by atoms with Crippen molar-refractivity contribution in [1.29, 1.82) is 0 Å². The zero-order chi connectivity index (χ0) is 69.4. The fraction of sp³-hybridized carbons (Fsp3) is 0.947. The second-order valence-electron chi connectivity index (χ2n) is 28.2. The summed E-state index contributed by atoms with van der Waals surface area (Å²) in [5.74, 6) is 0.191. The van der Waals surface area contributed by atoms with E-state index in [1.807, 2.05) is 0 Å². The fourth-order valence-corrected chi connectivity index (χ4v) is 13.0. The van der Waals surface area contributed by atoms with Crippen molar-refractivity contribution in [3.63, 3.8) is 0 Å². The Morgan fingerprint density at radius 1 is 0.309 bits per heavy atom. The molecule has 19 heteroatoms. The van der Waals surface area contributed by atoms with Crippen LogP contribution < -0.4 is 0 Å². The summed E-state index contributed by atoms with van der Waals surface area (Å²) in [5, 5.41) is 10.6. The van der Waals surface area contributed by atoms with Gasteiger partial charge in [0, 0.05) is 25.7 Å². The third kappa shape index (κ3) is 67.3. The van der Waals surface area contributed by atoms with Gasteiger partial charge in [-0.05, 0) is 43.4 Å². The van der Waals surface area contributed by atoms with Gasteiger partial charge in [-0.25, -0.2) is 9.13 Å². The molecule has 0 heterocycles. The van der Waals surface area contributed by atoms with Crippen LogP contribution in [0, 0.1) is 17.8 Å². The van der Waals surface area contributed by atoms with Gasteiger partial charge in [0.1, 0.15) is 19.3 Å². The minimum Gasteiger partial charge on any atom is -0.462 e. The van der Waals surface area contributed by atoms with Gasteiger partial charge in [-0.1, -0.05) is 331 Å². The molecule has 0 aliphatic carbocycles. The van der Waals surface area contributed by atoms with E-state index in [0.717, 1.165) is 108 Å². The number of phosphoric acid groups is 2. The summed E-state index contributed by atoms with van der Waals surface area (Å²) in [6.45, 7) is 11.9. The summed E-state index contributed by atoms with van der Waals surface area (Å²) in [6.07, 6.45) is 51.2. The Hall–Kier alpha value is -1.94. The number of aliphatic hydroxyl groups excluding tert-OH is 1. The first-order chi connectivity index (χ1) is 45.3. The normalized spacial score (nSPS) is 14.4. The van der Waals surface area contributed by atoms with Gasteiger partial charge < -0.3 is 33.8 Å². The van der Waals surface area contributed by atoms with Crippen LogP contribution in [0.25, 0.3) is 0 Å². The molecule has 0 saturated heterocycles. The van der Waals surface area contributed by atoms with E-state index in [1.165, 1.54) is 186 Å². The minimum absolute atomic E-state index is 0.107. The van der Waals surface area contributed by atoms with Crippen LogP contribution in [-0.2, 0) is 65.4 Å². The standard InChI is InChI=1S/C75H146O17P2/c1-8-10-11-12-13-14-15-18-22-29-36-44-51-58-74(79)92-71(63-86-73(78)57-50-43-38-31-33-40-47-54-67(5)6)65-90-94(83,84)88-61-69(76)60-87-93(81,82)89-64-70(62-85-72(77)56-49-42-35-28-25-24-27-34-41-48-55-68(7)9-2)91-75(80)59-52-45-37-30-23-20-17-16-19-21-26-32-39-46-53-66(3)4/h66-71,76H,8-65H2,1-7H3,(H,81,82)(H,83,84)/t68?,69-,70-,71-/m1/s1. The summed E-state index contributed by atoms with van der Waals surface area (Å²) in [5.41, 5.74) is 0. The van der Waals surface area contributed by atoms with Crippen molar-refractivity contribution < 1.29 is 80.2 Å². The van der Waals surface area contributed by atoms with Crippen molar-refractivity contribution in [2.45, 2.75) is 401 Å². The number of aliphatic hydroxyl groups is 1. The first-order valence-electron chi connectivity index (χ1n) is 38.9. The lowest BCUT2D eigenvalue weighted by atomic mass is 9.99. The highest BCUT2D eigenvalue weighted by atomic mass is 31.2. The molecular formula is C75H146O17P2. The molecule has 0 spiro atoms. The summed E-state index contributed by atoms with van der Waals surface area (Å²) >= 11 is 0. The van der Waals surface area contributed by atoms with Crippen LogP contribution in [0.5, 0.6) is 0 Å². The largest absolute Gasteiger partial charge is 0.472 e. The Morgan fingerprint density at radius 2 is 0.543 bits per heavy atom. The molecule has 0 aromatic carbocycles. The molecule has 0 aliphatic heterocycles. The van der Waals surface area contributed by atoms with Crippen LogP contribution in [0.3, 0.4) is 0 Å². The van der Waals surface area contributed by atoms with E-state index in [0.29, 0.717) is 31.6 Å². The highest BCUT2D eigenvalue weighted by Gasteiger charge is 2.30. The molecule has 0 amide bonds. The van der Waals surface area contributed by atoms with Gasteiger partial charge in [0.05, 0.1) is 26.4 Å². The predicted octanol–water partition coefficient (Wildman–Crippen LogP) is 21.8. The number of carbonyl (C=O) groups excluding carboxylic acids is 4. The number of unbranched alkanes of at least 4 members (excludes halogenated alkanes) is 40. The van der Waals surface area contributed by atoms with Gasteiger partial charge in [0.2, 0.25) is 0 Å². The quantitative estimate of drug-likeness (QED) is 0.0222. The van der Waals surface area contributed by atoms with Crippen LogP contribution in [0.15, 0.2) is 0 Å². The summed E-state index contributed by atoms with van der Waals surface area (Å²) in [7, 11) is -9.91. The van der Waals surface area contributed by atoms with Crippen molar-refractivity contribution in [3.8, 4) is 0 Å². The second-order valence-corrected chi connectivity index (χ2v) is 31.1. The van der Waals surface area contributed by atoms with Crippen LogP contribution in [0.4, 0.5) is 0 Å². The number of phosphoric ester groups is 2. The molecule has 6 atom stereocenters. The third-order valence-electron chi connectivity index (χ3n) is 17.7. The minimum atomic E-state index is -4.96. The maximum atomic E-state index is 13.1. The molecule has 558 valence electrons. The van der Waals surface area contributed by atoms with Crippen molar-refractivity contribution in [2.24, 2.45) is 17.8 Å². The van der Waals surface area contributed by atoms with Crippen molar-refractivity contribution in [2.75, 3.05) is 39.6 Å². The summed E-state index contributed by atoms with van der Waals surface area (Å²) < 4.78 is 68.5. The molecule has 17 nitrogen and oxygen atoms in total. The number of ether oxygens (including phenoxy) is 4. The van der Waals surface area contributed by atoms with E-state index < -0.39 is 97.5 Å². The lowest BCUT2D eigenvalue weighted by Crippen LogP contribution is -2.30. The monoisotopic (exact) mass is 1380 g/mol. The van der Waals surface area contributed by atoms with E-state index >= 15 is 0 Å². The molecule has 3 N–H and O–H groups in total. The Bertz CT molecular complexity index is 1840. The Balaban J connectivity index is 5.26. The SMILES string of the molecule is CCCCCCCCCCCCCCCC(=O)O[C@H](COC(=O)CCCCCCCCCC(C)C)COP(=O)(O)OC[C@H](O)COP(=O)(O)OC[C@@H](COC(=O)CCCCCCCCCCCCC(C)CC)OC(=O)CCCCCCCCCCCCCCCCC(C)C. The number of rotatable bonds is 73. The second kappa shape index (κ2) is 65.7. The molecule has 0 radical (unpaired) electrons. The molecule has 0 saturated carbocycles. The smallest absolute Gasteiger partial charge is 0.462 e. The molecule has 3 unspecified atom stereocenters. The van der Waals surface area contributed by atoms with Crippen LogP contribution in [0.1, 0.15) is 382 Å². The van der Waals surface area contributed by atoms with Crippen LogP contribution >= 0.6 is 15.6 Å². The van der Waals surface area contributed by atoms with Gasteiger partial charge in [-0.2, -0.15) is 0 Å². The molecule has 0 aromatic rings. The average molecular weight is 1380 g/mol. The molecule has 0 aliphatic rings. The maximum Gasteiger partial charge on any atom is 0.472 e. The van der Waals surface area contributed by atoms with E-state index in [-0.39, 0.29) is 25.7 Å². The van der Waals surface area contributed by atoms with Gasteiger partial charge in [-0.15, -0.1) is 0 Å². The van der Waals surface area contributed by atoms with Gasteiger partial charge >= 0.3 is 39.5 Å². The average Bonchev–Trinajstić information content (AvgIpc) is 1.47. The van der Waals surface area contributed by atoms with Crippen molar-refractivity contribution in [1.82, 2.24) is 0 Å². The molecule has 0 rings (SSSR count). The highest BCUT2D eigenvalue weighted by Crippen LogP contribution is 2.45. The Morgan fingerprint density at radius 3 is 0.809 bits per heavy atom. The molecule has 0 aromatic heterocycles. The maximum absolute atomic E-state index is 13.1.